The standard InChI is InChI=1S/C18H20F3N3O3S/c1-12-5-3-4-6-16(12)24(28(2,26)27)11-14-8-7-13(9-15(14)19)10-22-23-18(25)17(20)21/h3-9,17,22H,10-11H2,1-2H3,(H,23,25). The molecule has 28 heavy (non-hydrogen) atoms. The van der Waals surface area contributed by atoms with Crippen LogP contribution in [-0.4, -0.2) is 27.0 Å². The molecule has 0 aliphatic rings. The Labute approximate surface area is 161 Å². The van der Waals surface area contributed by atoms with Crippen LogP contribution in [0.5, 0.6) is 0 Å². The molecule has 2 N–H and O–H groups in total. The predicted octanol–water partition coefficient (Wildman–Crippen LogP) is 2.49. The molecule has 152 valence electrons. The first-order valence-electron chi connectivity index (χ1n) is 8.21. The maximum atomic E-state index is 14.5. The van der Waals surface area contributed by atoms with Gasteiger partial charge in [0.05, 0.1) is 18.5 Å². The Hall–Kier alpha value is -2.59. The van der Waals surface area contributed by atoms with E-state index >= 15 is 0 Å². The molecule has 0 aromatic heterocycles. The first-order chi connectivity index (χ1) is 13.1. The number of amides is 1. The topological polar surface area (TPSA) is 78.5 Å². The molecule has 2 aromatic carbocycles. The Bertz CT molecular complexity index is 952. The van der Waals surface area contributed by atoms with E-state index in [0.717, 1.165) is 22.2 Å². The SMILES string of the molecule is Cc1ccccc1N(Cc1ccc(CNNC(=O)C(F)F)cc1F)S(C)(=O)=O. The Balaban J connectivity index is 2.16. The highest BCUT2D eigenvalue weighted by Crippen LogP contribution is 2.25. The third kappa shape index (κ3) is 5.70. The largest absolute Gasteiger partial charge is 0.316 e. The number of alkyl halides is 2. The zero-order chi connectivity index (χ0) is 20.9. The fourth-order valence-electron chi connectivity index (χ4n) is 2.50. The summed E-state index contributed by atoms with van der Waals surface area (Å²) in [5.41, 5.74) is 5.78. The summed E-state index contributed by atoms with van der Waals surface area (Å²) in [6.07, 6.45) is -2.11. The van der Waals surface area contributed by atoms with Gasteiger partial charge < -0.3 is 0 Å². The lowest BCUT2D eigenvalue weighted by atomic mass is 10.1. The molecule has 0 radical (unpaired) electrons. The highest BCUT2D eigenvalue weighted by atomic mass is 32.2. The van der Waals surface area contributed by atoms with Crippen LogP contribution < -0.4 is 15.2 Å². The van der Waals surface area contributed by atoms with E-state index in [0.29, 0.717) is 11.3 Å². The van der Waals surface area contributed by atoms with E-state index in [1.54, 1.807) is 36.6 Å². The van der Waals surface area contributed by atoms with Crippen molar-refractivity contribution in [2.45, 2.75) is 26.4 Å². The summed E-state index contributed by atoms with van der Waals surface area (Å²) in [5.74, 6) is -2.14. The van der Waals surface area contributed by atoms with Crippen LogP contribution in [0.4, 0.5) is 18.9 Å². The number of hydrogen-bond acceptors (Lipinski definition) is 4. The van der Waals surface area contributed by atoms with Crippen LogP contribution in [0.2, 0.25) is 0 Å². The second-order valence-corrected chi connectivity index (χ2v) is 8.03. The highest BCUT2D eigenvalue weighted by molar-refractivity contribution is 7.92. The summed E-state index contributed by atoms with van der Waals surface area (Å²) in [5, 5.41) is 0. The lowest BCUT2D eigenvalue weighted by molar-refractivity contribution is -0.132. The van der Waals surface area contributed by atoms with E-state index in [-0.39, 0.29) is 18.7 Å². The normalized spacial score (nSPS) is 11.5. The number of anilines is 1. The van der Waals surface area contributed by atoms with Crippen LogP contribution in [-0.2, 0) is 27.9 Å². The molecule has 1 amide bonds. The molecule has 0 bridgehead atoms. The minimum atomic E-state index is -3.66. The van der Waals surface area contributed by atoms with E-state index in [4.69, 9.17) is 0 Å². The zero-order valence-corrected chi connectivity index (χ0v) is 16.1. The number of nitrogens with zero attached hydrogens (tertiary/aromatic N) is 1. The van der Waals surface area contributed by atoms with Crippen LogP contribution in [0.25, 0.3) is 0 Å². The van der Waals surface area contributed by atoms with Crippen molar-refractivity contribution in [1.29, 1.82) is 0 Å². The predicted molar refractivity (Wildman–Crippen MR) is 99.6 cm³/mol. The summed E-state index contributed by atoms with van der Waals surface area (Å²) in [6, 6.07) is 10.9. The third-order valence-electron chi connectivity index (χ3n) is 3.92. The average molecular weight is 415 g/mol. The smallest absolute Gasteiger partial charge is 0.286 e. The van der Waals surface area contributed by atoms with Gasteiger partial charge in [-0.15, -0.1) is 0 Å². The van der Waals surface area contributed by atoms with Gasteiger partial charge in [0.1, 0.15) is 5.82 Å². The van der Waals surface area contributed by atoms with Crippen molar-refractivity contribution >= 4 is 21.6 Å². The average Bonchev–Trinajstić information content (AvgIpc) is 2.60. The molecule has 0 heterocycles. The summed E-state index contributed by atoms with van der Waals surface area (Å²) in [6.45, 7) is 1.47. The molecule has 6 nitrogen and oxygen atoms in total. The molecule has 0 aliphatic heterocycles. The van der Waals surface area contributed by atoms with E-state index in [1.807, 2.05) is 0 Å². The van der Waals surface area contributed by atoms with Crippen LogP contribution in [0.1, 0.15) is 16.7 Å². The number of hydrazine groups is 1. The Morgan fingerprint density at radius 1 is 1.18 bits per heavy atom. The molecule has 10 heteroatoms. The molecule has 0 atom stereocenters. The van der Waals surface area contributed by atoms with Gasteiger partial charge in [-0.25, -0.2) is 18.2 Å². The van der Waals surface area contributed by atoms with Crippen LogP contribution in [0, 0.1) is 12.7 Å². The van der Waals surface area contributed by atoms with Gasteiger partial charge in [-0.1, -0.05) is 30.3 Å². The number of aryl methyl sites for hydroxylation is 1. The van der Waals surface area contributed by atoms with Crippen molar-refractivity contribution < 1.29 is 26.4 Å². The Kier molecular flexibility index (Phi) is 7.03. The number of carbonyl (C=O) groups is 1. The second-order valence-electron chi connectivity index (χ2n) is 6.13. The molecule has 0 saturated carbocycles. The van der Waals surface area contributed by atoms with Gasteiger partial charge in [0.2, 0.25) is 10.0 Å². The van der Waals surface area contributed by atoms with Crippen molar-refractivity contribution in [2.75, 3.05) is 10.6 Å². The molecule has 0 unspecified atom stereocenters. The first kappa shape index (κ1) is 21.7. The minimum absolute atomic E-state index is 0.0801. The van der Waals surface area contributed by atoms with Crippen molar-refractivity contribution in [1.82, 2.24) is 10.9 Å². The molecule has 2 aromatic rings. The lowest BCUT2D eigenvalue weighted by Crippen LogP contribution is -2.40. The van der Waals surface area contributed by atoms with Gasteiger partial charge in [-0.05, 0) is 30.2 Å². The third-order valence-corrected chi connectivity index (χ3v) is 5.04. The van der Waals surface area contributed by atoms with Crippen LogP contribution >= 0.6 is 0 Å². The fourth-order valence-corrected chi connectivity index (χ4v) is 3.43. The number of nitrogens with one attached hydrogen (secondary N) is 2. The maximum absolute atomic E-state index is 14.5. The van der Waals surface area contributed by atoms with Gasteiger partial charge in [-0.2, -0.15) is 8.78 Å². The number of hydrogen-bond donors (Lipinski definition) is 2. The fraction of sp³-hybridized carbons (Fsp3) is 0.278. The van der Waals surface area contributed by atoms with Crippen LogP contribution in [0.3, 0.4) is 0 Å². The zero-order valence-electron chi connectivity index (χ0n) is 15.2. The summed E-state index contributed by atoms with van der Waals surface area (Å²) >= 11 is 0. The van der Waals surface area contributed by atoms with E-state index < -0.39 is 28.2 Å². The molecular weight excluding hydrogens is 395 g/mol. The van der Waals surface area contributed by atoms with Gasteiger partial charge in [0.25, 0.3) is 0 Å². The molecule has 2 rings (SSSR count). The maximum Gasteiger partial charge on any atom is 0.316 e. The summed E-state index contributed by atoms with van der Waals surface area (Å²) in [7, 11) is -3.66. The summed E-state index contributed by atoms with van der Waals surface area (Å²) in [4.78, 5) is 10.8. The number of halogens is 3. The first-order valence-corrected chi connectivity index (χ1v) is 10.1. The van der Waals surface area contributed by atoms with Crippen LogP contribution in [0.15, 0.2) is 42.5 Å². The van der Waals surface area contributed by atoms with Crippen molar-refractivity contribution in [3.63, 3.8) is 0 Å². The molecule has 0 aliphatic carbocycles. The Morgan fingerprint density at radius 3 is 2.43 bits per heavy atom. The van der Waals surface area contributed by atoms with Crippen molar-refractivity contribution in [2.24, 2.45) is 0 Å². The molecule has 0 spiro atoms. The van der Waals surface area contributed by atoms with Gasteiger partial charge in [-0.3, -0.25) is 14.5 Å². The highest BCUT2D eigenvalue weighted by Gasteiger charge is 2.21. The monoisotopic (exact) mass is 415 g/mol. The van der Waals surface area contributed by atoms with E-state index in [1.165, 1.54) is 12.1 Å². The van der Waals surface area contributed by atoms with E-state index in [9.17, 15) is 26.4 Å². The van der Waals surface area contributed by atoms with Crippen molar-refractivity contribution in [3.8, 4) is 0 Å². The number of sulfonamides is 1. The molecule has 0 saturated heterocycles. The van der Waals surface area contributed by atoms with Gasteiger partial charge in [0, 0.05) is 12.1 Å². The molecular formula is C18H20F3N3O3S. The number of rotatable bonds is 8. The van der Waals surface area contributed by atoms with Gasteiger partial charge >= 0.3 is 12.3 Å². The van der Waals surface area contributed by atoms with Crippen molar-refractivity contribution in [3.05, 3.63) is 65.0 Å². The second kappa shape index (κ2) is 9.07. The minimum Gasteiger partial charge on any atom is -0.286 e. The Morgan fingerprint density at radius 2 is 1.86 bits per heavy atom. The number of carbonyl (C=O) groups excluding carboxylic acids is 1. The van der Waals surface area contributed by atoms with Gasteiger partial charge in [0.15, 0.2) is 0 Å². The molecule has 0 fully saturated rings. The lowest BCUT2D eigenvalue weighted by Gasteiger charge is -2.24. The summed E-state index contributed by atoms with van der Waals surface area (Å²) < 4.78 is 64.2. The number of benzene rings is 2. The quantitative estimate of drug-likeness (QED) is 0.650. The van der Waals surface area contributed by atoms with E-state index in [2.05, 4.69) is 5.43 Å². The number of para-hydroxylation sites is 1.